The second kappa shape index (κ2) is 6.93. The lowest BCUT2D eigenvalue weighted by Gasteiger charge is -2.39. The lowest BCUT2D eigenvalue weighted by Crippen LogP contribution is -2.64. The number of likely N-dealkylation sites (tertiary alicyclic amines) is 1. The summed E-state index contributed by atoms with van der Waals surface area (Å²) in [4.78, 5) is 38.2. The fraction of sp³-hybridized carbons (Fsp3) is 0.737. The highest BCUT2D eigenvalue weighted by molar-refractivity contribution is 5.92. The Kier molecular flexibility index (Phi) is 5.40. The Morgan fingerprint density at radius 2 is 1.92 bits per heavy atom. The number of hydrogen-bond donors (Lipinski definition) is 3. The highest BCUT2D eigenvalue weighted by Crippen LogP contribution is 2.52. The van der Waals surface area contributed by atoms with Crippen LogP contribution in [0.15, 0.2) is 12.7 Å². The summed E-state index contributed by atoms with van der Waals surface area (Å²) in [5.74, 6) is -0.616. The summed E-state index contributed by atoms with van der Waals surface area (Å²) >= 11 is 0. The first-order valence-corrected chi connectivity index (χ1v) is 9.14. The molecule has 26 heavy (non-hydrogen) atoms. The van der Waals surface area contributed by atoms with Gasteiger partial charge in [0.05, 0.1) is 0 Å². The molecule has 0 aromatic heterocycles. The van der Waals surface area contributed by atoms with Crippen LogP contribution in [0.3, 0.4) is 0 Å². The number of hydrogen-bond acceptors (Lipinski definition) is 3. The molecule has 1 heterocycles. The van der Waals surface area contributed by atoms with Crippen molar-refractivity contribution in [1.82, 2.24) is 15.5 Å². The van der Waals surface area contributed by atoms with Crippen LogP contribution in [0.25, 0.3) is 0 Å². The molecule has 0 bridgehead atoms. The molecular formula is C19H31N3O4. The average molecular weight is 365 g/mol. The van der Waals surface area contributed by atoms with Crippen LogP contribution in [0.5, 0.6) is 0 Å². The topological polar surface area (TPSA) is 98.7 Å². The normalized spacial score (nSPS) is 33.5. The van der Waals surface area contributed by atoms with E-state index in [0.717, 1.165) is 0 Å². The Labute approximate surface area is 155 Å². The SMILES string of the molecule is C=CC[C@H]1[C@@H]2CN(C(=O)O)C(C)[C@@H]2CC1(NC(C)=O)C(=O)NC(C)(C)C. The number of nitrogens with one attached hydrogen (secondary N) is 2. The monoisotopic (exact) mass is 365 g/mol. The molecule has 0 radical (unpaired) electrons. The average Bonchev–Trinajstić information content (AvgIpc) is 2.94. The highest BCUT2D eigenvalue weighted by atomic mass is 16.4. The maximum Gasteiger partial charge on any atom is 0.407 e. The number of rotatable bonds is 4. The first-order valence-electron chi connectivity index (χ1n) is 9.14. The molecule has 5 atom stereocenters. The van der Waals surface area contributed by atoms with Crippen molar-refractivity contribution in [3.8, 4) is 0 Å². The molecule has 2 rings (SSSR count). The molecule has 2 aliphatic rings. The van der Waals surface area contributed by atoms with Crippen molar-refractivity contribution in [1.29, 1.82) is 0 Å². The molecule has 1 saturated carbocycles. The predicted molar refractivity (Wildman–Crippen MR) is 98.5 cm³/mol. The second-order valence-corrected chi connectivity index (χ2v) is 8.69. The van der Waals surface area contributed by atoms with Crippen LogP contribution in [-0.2, 0) is 9.59 Å². The molecule has 7 nitrogen and oxygen atoms in total. The molecule has 3 N–H and O–H groups in total. The van der Waals surface area contributed by atoms with Crippen LogP contribution in [-0.4, -0.2) is 51.6 Å². The van der Waals surface area contributed by atoms with Gasteiger partial charge in [0.15, 0.2) is 0 Å². The van der Waals surface area contributed by atoms with Gasteiger partial charge in [0.25, 0.3) is 0 Å². The van der Waals surface area contributed by atoms with Gasteiger partial charge in [-0.25, -0.2) is 4.79 Å². The fourth-order valence-electron chi connectivity index (χ4n) is 4.79. The van der Waals surface area contributed by atoms with Gasteiger partial charge in [-0.2, -0.15) is 0 Å². The molecule has 1 aliphatic heterocycles. The van der Waals surface area contributed by atoms with Gasteiger partial charge >= 0.3 is 6.09 Å². The highest BCUT2D eigenvalue weighted by Gasteiger charge is 2.62. The minimum Gasteiger partial charge on any atom is -0.465 e. The van der Waals surface area contributed by atoms with Gasteiger partial charge in [-0.1, -0.05) is 6.08 Å². The molecule has 1 saturated heterocycles. The third kappa shape index (κ3) is 3.57. The molecular weight excluding hydrogens is 334 g/mol. The Hall–Kier alpha value is -2.05. The van der Waals surface area contributed by atoms with E-state index in [1.165, 1.54) is 11.8 Å². The van der Waals surface area contributed by atoms with Gasteiger partial charge in [-0.15, -0.1) is 6.58 Å². The zero-order valence-corrected chi connectivity index (χ0v) is 16.3. The van der Waals surface area contributed by atoms with E-state index in [4.69, 9.17) is 0 Å². The Morgan fingerprint density at radius 1 is 1.31 bits per heavy atom. The largest absolute Gasteiger partial charge is 0.465 e. The fourth-order valence-corrected chi connectivity index (χ4v) is 4.79. The maximum atomic E-state index is 13.3. The van der Waals surface area contributed by atoms with E-state index in [2.05, 4.69) is 17.2 Å². The molecule has 1 aliphatic carbocycles. The van der Waals surface area contributed by atoms with Crippen molar-refractivity contribution < 1.29 is 19.5 Å². The summed E-state index contributed by atoms with van der Waals surface area (Å²) in [6, 6.07) is -0.192. The van der Waals surface area contributed by atoms with Gasteiger partial charge in [0.2, 0.25) is 11.8 Å². The first kappa shape index (κ1) is 20.3. The van der Waals surface area contributed by atoms with E-state index in [1.807, 2.05) is 27.7 Å². The number of nitrogens with zero attached hydrogens (tertiary/aromatic N) is 1. The zero-order chi connectivity index (χ0) is 19.9. The van der Waals surface area contributed by atoms with Crippen molar-refractivity contribution in [3.63, 3.8) is 0 Å². The third-order valence-corrected chi connectivity index (χ3v) is 5.74. The van der Waals surface area contributed by atoms with E-state index in [0.29, 0.717) is 19.4 Å². The van der Waals surface area contributed by atoms with Crippen molar-refractivity contribution in [2.24, 2.45) is 17.8 Å². The molecule has 7 heteroatoms. The van der Waals surface area contributed by atoms with Gasteiger partial charge < -0.3 is 20.6 Å². The molecule has 2 unspecified atom stereocenters. The summed E-state index contributed by atoms with van der Waals surface area (Å²) < 4.78 is 0. The van der Waals surface area contributed by atoms with Crippen molar-refractivity contribution in [2.45, 2.75) is 64.6 Å². The summed E-state index contributed by atoms with van der Waals surface area (Å²) in [5.41, 5.74) is -1.47. The van der Waals surface area contributed by atoms with E-state index in [-0.39, 0.29) is 35.6 Å². The van der Waals surface area contributed by atoms with Crippen LogP contribution in [0.2, 0.25) is 0 Å². The zero-order valence-electron chi connectivity index (χ0n) is 16.3. The Morgan fingerprint density at radius 3 is 2.38 bits per heavy atom. The summed E-state index contributed by atoms with van der Waals surface area (Å²) in [7, 11) is 0. The van der Waals surface area contributed by atoms with Gasteiger partial charge in [0, 0.05) is 25.0 Å². The summed E-state index contributed by atoms with van der Waals surface area (Å²) in [5, 5.41) is 15.4. The van der Waals surface area contributed by atoms with Crippen LogP contribution < -0.4 is 10.6 Å². The lowest BCUT2D eigenvalue weighted by atomic mass is 9.79. The second-order valence-electron chi connectivity index (χ2n) is 8.69. The van der Waals surface area contributed by atoms with E-state index in [1.54, 1.807) is 6.08 Å². The number of carbonyl (C=O) groups excluding carboxylic acids is 2. The lowest BCUT2D eigenvalue weighted by molar-refractivity contribution is -0.136. The number of fused-ring (bicyclic) bond motifs is 1. The standard InChI is InChI=1S/C19H31N3O4/c1-7-8-15-14-10-22(17(25)26)11(2)13(14)9-19(15,20-12(3)23)16(24)21-18(4,5)6/h7,11,13-15H,1,8-10H2,2-6H3,(H,20,23)(H,21,24)(H,25,26)/t11?,13-,14+,15-,19?/m0/s1. The minimum atomic E-state index is -1.04. The Balaban J connectivity index is 2.44. The first-order chi connectivity index (χ1) is 11.9. The van der Waals surface area contributed by atoms with Crippen LogP contribution >= 0.6 is 0 Å². The summed E-state index contributed by atoms with van der Waals surface area (Å²) in [6.07, 6.45) is 1.79. The number of carboxylic acid groups (broad SMARTS) is 1. The molecule has 3 amide bonds. The van der Waals surface area contributed by atoms with Gasteiger partial charge in [-0.3, -0.25) is 9.59 Å². The molecule has 2 fully saturated rings. The van der Waals surface area contributed by atoms with Crippen molar-refractivity contribution in [3.05, 3.63) is 12.7 Å². The van der Waals surface area contributed by atoms with E-state index in [9.17, 15) is 19.5 Å². The van der Waals surface area contributed by atoms with E-state index < -0.39 is 17.2 Å². The number of carbonyl (C=O) groups is 3. The molecule has 0 spiro atoms. The number of allylic oxidation sites excluding steroid dienone is 1. The molecule has 0 aromatic carbocycles. The maximum absolute atomic E-state index is 13.3. The third-order valence-electron chi connectivity index (χ3n) is 5.74. The van der Waals surface area contributed by atoms with Gasteiger partial charge in [0.1, 0.15) is 5.54 Å². The molecule has 146 valence electrons. The van der Waals surface area contributed by atoms with Gasteiger partial charge in [-0.05, 0) is 58.3 Å². The Bertz CT molecular complexity index is 612. The smallest absolute Gasteiger partial charge is 0.407 e. The van der Waals surface area contributed by atoms with Crippen LogP contribution in [0.4, 0.5) is 4.79 Å². The van der Waals surface area contributed by atoms with E-state index >= 15 is 0 Å². The van der Waals surface area contributed by atoms with Crippen LogP contribution in [0.1, 0.15) is 47.5 Å². The predicted octanol–water partition coefficient (Wildman–Crippen LogP) is 1.99. The molecule has 0 aromatic rings. The van der Waals surface area contributed by atoms with Crippen molar-refractivity contribution >= 4 is 17.9 Å². The summed E-state index contributed by atoms with van der Waals surface area (Å²) in [6.45, 7) is 13.2. The minimum absolute atomic E-state index is 0.0108. The number of amides is 3. The van der Waals surface area contributed by atoms with Crippen LogP contribution in [0, 0.1) is 17.8 Å². The quantitative estimate of drug-likeness (QED) is 0.664. The van der Waals surface area contributed by atoms with Crippen molar-refractivity contribution in [2.75, 3.05) is 6.54 Å².